The molecule has 0 saturated carbocycles. The van der Waals surface area contributed by atoms with E-state index in [1.807, 2.05) is 4.90 Å². The molecule has 0 aromatic carbocycles. The number of nitrogens with zero attached hydrogens (tertiary/aromatic N) is 1. The van der Waals surface area contributed by atoms with E-state index < -0.39 is 5.97 Å². The molecule has 84 valence electrons. The number of hydrogen-bond acceptors (Lipinski definition) is 3. The van der Waals surface area contributed by atoms with Gasteiger partial charge in [0, 0.05) is 11.4 Å². The Morgan fingerprint density at radius 3 is 2.80 bits per heavy atom. The SMILES string of the molecule is CCCN(CC(=O)O)Cc1csc(C)c1. The Bertz CT molecular complexity index is 322. The lowest BCUT2D eigenvalue weighted by Crippen LogP contribution is -2.29. The van der Waals surface area contributed by atoms with E-state index in [4.69, 9.17) is 5.11 Å². The minimum atomic E-state index is -0.754. The third kappa shape index (κ3) is 4.44. The second-order valence-corrected chi connectivity index (χ2v) is 4.79. The van der Waals surface area contributed by atoms with Crippen LogP contribution in [0.15, 0.2) is 11.4 Å². The number of aryl methyl sites for hydroxylation is 1. The second kappa shape index (κ2) is 5.88. The number of thiophene rings is 1. The number of rotatable bonds is 6. The number of carbonyl (C=O) groups is 1. The number of hydrogen-bond donors (Lipinski definition) is 1. The monoisotopic (exact) mass is 227 g/mol. The van der Waals surface area contributed by atoms with Crippen LogP contribution in [0, 0.1) is 6.92 Å². The first-order valence-corrected chi connectivity index (χ1v) is 5.98. The molecule has 4 heteroatoms. The van der Waals surface area contributed by atoms with Gasteiger partial charge in [-0.1, -0.05) is 6.92 Å². The van der Waals surface area contributed by atoms with Gasteiger partial charge in [0.05, 0.1) is 6.54 Å². The molecule has 15 heavy (non-hydrogen) atoms. The smallest absolute Gasteiger partial charge is 0.317 e. The Kier molecular flexibility index (Phi) is 4.78. The van der Waals surface area contributed by atoms with Crippen molar-refractivity contribution in [3.05, 3.63) is 21.9 Å². The predicted octanol–water partition coefficient (Wildman–Crippen LogP) is 2.35. The second-order valence-electron chi connectivity index (χ2n) is 3.67. The van der Waals surface area contributed by atoms with E-state index in [0.29, 0.717) is 0 Å². The van der Waals surface area contributed by atoms with Crippen molar-refractivity contribution in [2.75, 3.05) is 13.1 Å². The molecule has 1 rings (SSSR count). The molecule has 0 unspecified atom stereocenters. The molecule has 0 fully saturated rings. The van der Waals surface area contributed by atoms with Crippen LogP contribution in [0.4, 0.5) is 0 Å². The van der Waals surface area contributed by atoms with Gasteiger partial charge in [-0.05, 0) is 36.9 Å². The van der Waals surface area contributed by atoms with Crippen LogP contribution in [0.2, 0.25) is 0 Å². The number of aliphatic carboxylic acids is 1. The molecule has 0 aliphatic heterocycles. The molecule has 1 heterocycles. The fourth-order valence-electron chi connectivity index (χ4n) is 1.56. The van der Waals surface area contributed by atoms with Gasteiger partial charge in [-0.25, -0.2) is 0 Å². The van der Waals surface area contributed by atoms with Crippen LogP contribution in [0.3, 0.4) is 0 Å². The molecular weight excluding hydrogens is 210 g/mol. The van der Waals surface area contributed by atoms with Crippen LogP contribution in [0.5, 0.6) is 0 Å². The minimum absolute atomic E-state index is 0.128. The summed E-state index contributed by atoms with van der Waals surface area (Å²) < 4.78 is 0. The molecule has 0 atom stereocenters. The van der Waals surface area contributed by atoms with Gasteiger partial charge in [0.1, 0.15) is 0 Å². The first-order valence-electron chi connectivity index (χ1n) is 5.10. The standard InChI is InChI=1S/C11H17NO2S/c1-3-4-12(7-11(13)14)6-10-5-9(2)15-8-10/h5,8H,3-4,6-7H2,1-2H3,(H,13,14). The lowest BCUT2D eigenvalue weighted by Gasteiger charge is -2.18. The summed E-state index contributed by atoms with van der Waals surface area (Å²) in [5.41, 5.74) is 1.22. The molecule has 0 saturated heterocycles. The van der Waals surface area contributed by atoms with Gasteiger partial charge in [0.15, 0.2) is 0 Å². The first-order chi connectivity index (χ1) is 7.11. The quantitative estimate of drug-likeness (QED) is 0.811. The first kappa shape index (κ1) is 12.2. The normalized spacial score (nSPS) is 10.9. The molecule has 3 nitrogen and oxygen atoms in total. The predicted molar refractivity (Wildman–Crippen MR) is 62.3 cm³/mol. The Balaban J connectivity index is 2.53. The minimum Gasteiger partial charge on any atom is -0.480 e. The number of carboxylic acid groups (broad SMARTS) is 1. The van der Waals surface area contributed by atoms with Crippen molar-refractivity contribution >= 4 is 17.3 Å². The largest absolute Gasteiger partial charge is 0.480 e. The van der Waals surface area contributed by atoms with Crippen molar-refractivity contribution in [2.45, 2.75) is 26.8 Å². The topological polar surface area (TPSA) is 40.5 Å². The zero-order chi connectivity index (χ0) is 11.3. The zero-order valence-electron chi connectivity index (χ0n) is 9.19. The Hall–Kier alpha value is -0.870. The van der Waals surface area contributed by atoms with Crippen molar-refractivity contribution < 1.29 is 9.90 Å². The molecular formula is C11H17NO2S. The van der Waals surface area contributed by atoms with E-state index in [1.54, 1.807) is 11.3 Å². The van der Waals surface area contributed by atoms with Crippen LogP contribution in [0.1, 0.15) is 23.8 Å². The van der Waals surface area contributed by atoms with Crippen LogP contribution in [-0.2, 0) is 11.3 Å². The molecule has 0 amide bonds. The van der Waals surface area contributed by atoms with E-state index in [9.17, 15) is 4.79 Å². The van der Waals surface area contributed by atoms with Gasteiger partial charge < -0.3 is 5.11 Å². The highest BCUT2D eigenvalue weighted by molar-refractivity contribution is 7.10. The summed E-state index contributed by atoms with van der Waals surface area (Å²) in [7, 11) is 0. The van der Waals surface area contributed by atoms with E-state index >= 15 is 0 Å². The lowest BCUT2D eigenvalue weighted by molar-refractivity contribution is -0.138. The van der Waals surface area contributed by atoms with Gasteiger partial charge >= 0.3 is 5.97 Å². The molecule has 0 radical (unpaired) electrons. The molecule has 0 aliphatic carbocycles. The molecule has 1 N–H and O–H groups in total. The van der Waals surface area contributed by atoms with Gasteiger partial charge in [0.2, 0.25) is 0 Å². The van der Waals surface area contributed by atoms with Gasteiger partial charge in [-0.3, -0.25) is 9.69 Å². The van der Waals surface area contributed by atoms with Crippen molar-refractivity contribution in [1.82, 2.24) is 4.90 Å². The fraction of sp³-hybridized carbons (Fsp3) is 0.545. The maximum Gasteiger partial charge on any atom is 0.317 e. The van der Waals surface area contributed by atoms with Gasteiger partial charge in [0.25, 0.3) is 0 Å². The molecule has 0 aliphatic rings. The Labute approximate surface area is 94.3 Å². The Morgan fingerprint density at radius 1 is 1.60 bits per heavy atom. The molecule has 1 aromatic rings. The summed E-state index contributed by atoms with van der Waals surface area (Å²) >= 11 is 1.71. The van der Waals surface area contributed by atoms with Crippen molar-refractivity contribution in [3.63, 3.8) is 0 Å². The van der Waals surface area contributed by atoms with E-state index in [2.05, 4.69) is 25.3 Å². The van der Waals surface area contributed by atoms with Crippen LogP contribution in [-0.4, -0.2) is 29.1 Å². The number of carboxylic acids is 1. The average Bonchev–Trinajstić information content (AvgIpc) is 2.50. The van der Waals surface area contributed by atoms with Crippen molar-refractivity contribution in [2.24, 2.45) is 0 Å². The van der Waals surface area contributed by atoms with Crippen LogP contribution < -0.4 is 0 Å². The van der Waals surface area contributed by atoms with Crippen LogP contribution in [0.25, 0.3) is 0 Å². The summed E-state index contributed by atoms with van der Waals surface area (Å²) in [6.07, 6.45) is 0.983. The zero-order valence-corrected chi connectivity index (χ0v) is 10.0. The average molecular weight is 227 g/mol. The Morgan fingerprint density at radius 2 is 2.33 bits per heavy atom. The summed E-state index contributed by atoms with van der Waals surface area (Å²) in [6.45, 7) is 5.83. The highest BCUT2D eigenvalue weighted by Gasteiger charge is 2.09. The highest BCUT2D eigenvalue weighted by atomic mass is 32.1. The molecule has 0 spiro atoms. The third-order valence-corrected chi connectivity index (χ3v) is 3.00. The third-order valence-electron chi connectivity index (χ3n) is 2.09. The summed E-state index contributed by atoms with van der Waals surface area (Å²) in [6, 6.07) is 2.12. The molecule has 0 bridgehead atoms. The van der Waals surface area contributed by atoms with E-state index in [1.165, 1.54) is 10.4 Å². The van der Waals surface area contributed by atoms with Crippen LogP contribution >= 0.6 is 11.3 Å². The summed E-state index contributed by atoms with van der Waals surface area (Å²) in [4.78, 5) is 13.9. The van der Waals surface area contributed by atoms with E-state index in [0.717, 1.165) is 19.5 Å². The lowest BCUT2D eigenvalue weighted by atomic mass is 10.2. The van der Waals surface area contributed by atoms with E-state index in [-0.39, 0.29) is 6.54 Å². The summed E-state index contributed by atoms with van der Waals surface area (Å²) in [5, 5.41) is 10.9. The summed E-state index contributed by atoms with van der Waals surface area (Å²) in [5.74, 6) is -0.754. The maximum absolute atomic E-state index is 10.6. The van der Waals surface area contributed by atoms with Crippen molar-refractivity contribution in [3.8, 4) is 0 Å². The van der Waals surface area contributed by atoms with Gasteiger partial charge in [-0.15, -0.1) is 11.3 Å². The highest BCUT2D eigenvalue weighted by Crippen LogP contribution is 2.15. The maximum atomic E-state index is 10.6. The van der Waals surface area contributed by atoms with Gasteiger partial charge in [-0.2, -0.15) is 0 Å². The van der Waals surface area contributed by atoms with Crippen molar-refractivity contribution in [1.29, 1.82) is 0 Å². The molecule has 1 aromatic heterocycles. The fourth-order valence-corrected chi connectivity index (χ4v) is 2.26.